The topological polar surface area (TPSA) is 88.2 Å². The third-order valence-corrected chi connectivity index (χ3v) is 8.02. The van der Waals surface area contributed by atoms with E-state index < -0.39 is 10.0 Å². The van der Waals surface area contributed by atoms with Gasteiger partial charge in [-0.25, -0.2) is 8.42 Å². The van der Waals surface area contributed by atoms with E-state index in [0.29, 0.717) is 63.7 Å². The smallest absolute Gasteiger partial charge is 0.243 e. The molecule has 1 amide bonds. The van der Waals surface area contributed by atoms with Gasteiger partial charge in [0, 0.05) is 57.3 Å². The third-order valence-electron chi connectivity index (χ3n) is 6.12. The number of anilines is 1. The first-order valence-electron chi connectivity index (χ1n) is 11.4. The standard InChI is InChI=1S/C24H31N3O5S/c1-26(20-6-3-2-4-7-20)15-12-25-24(28)19-10-13-27(14-11-19)33(29,30)21-8-9-22-23(18-21)32-17-5-16-31-22/h2-4,6-9,18-19H,5,10-17H2,1H3,(H,25,28). The molecule has 2 aliphatic rings. The van der Waals surface area contributed by atoms with Crippen LogP contribution in [0, 0.1) is 5.92 Å². The zero-order chi connectivity index (χ0) is 23.3. The lowest BCUT2D eigenvalue weighted by Crippen LogP contribution is -2.44. The van der Waals surface area contributed by atoms with Gasteiger partial charge in [-0.15, -0.1) is 0 Å². The summed E-state index contributed by atoms with van der Waals surface area (Å²) in [5.74, 6) is 0.842. The molecule has 2 aromatic rings. The predicted octanol–water partition coefficient (Wildman–Crippen LogP) is 2.50. The molecule has 0 unspecified atom stereocenters. The highest BCUT2D eigenvalue weighted by Gasteiger charge is 2.32. The predicted molar refractivity (Wildman–Crippen MR) is 126 cm³/mol. The summed E-state index contributed by atoms with van der Waals surface area (Å²) in [5.41, 5.74) is 1.10. The maximum Gasteiger partial charge on any atom is 0.243 e. The van der Waals surface area contributed by atoms with Crippen LogP contribution in [-0.4, -0.2) is 65.1 Å². The van der Waals surface area contributed by atoms with E-state index in [9.17, 15) is 13.2 Å². The molecule has 33 heavy (non-hydrogen) atoms. The Morgan fingerprint density at radius 2 is 1.76 bits per heavy atom. The lowest BCUT2D eigenvalue weighted by molar-refractivity contribution is -0.126. The van der Waals surface area contributed by atoms with Gasteiger partial charge in [-0.2, -0.15) is 4.31 Å². The Balaban J connectivity index is 1.28. The fourth-order valence-electron chi connectivity index (χ4n) is 4.11. The maximum absolute atomic E-state index is 13.1. The van der Waals surface area contributed by atoms with E-state index in [1.807, 2.05) is 37.4 Å². The molecule has 9 heteroatoms. The molecule has 2 aromatic carbocycles. The first kappa shape index (κ1) is 23.4. The van der Waals surface area contributed by atoms with Crippen molar-refractivity contribution in [3.05, 3.63) is 48.5 Å². The summed E-state index contributed by atoms with van der Waals surface area (Å²) in [6.45, 7) is 2.93. The number of sulfonamides is 1. The van der Waals surface area contributed by atoms with Gasteiger partial charge in [0.15, 0.2) is 11.5 Å². The normalized spacial score (nSPS) is 17.2. The summed E-state index contributed by atoms with van der Waals surface area (Å²) < 4.78 is 39.0. The van der Waals surface area contributed by atoms with Crippen LogP contribution in [0.1, 0.15) is 19.3 Å². The second-order valence-corrected chi connectivity index (χ2v) is 10.3. The third kappa shape index (κ3) is 5.59. The number of carbonyl (C=O) groups excluding carboxylic acids is 1. The first-order chi connectivity index (χ1) is 15.9. The number of rotatable bonds is 7. The average Bonchev–Trinajstić information content (AvgIpc) is 3.09. The highest BCUT2D eigenvalue weighted by atomic mass is 32.2. The molecular weight excluding hydrogens is 442 g/mol. The molecule has 2 heterocycles. The summed E-state index contributed by atoms with van der Waals surface area (Å²) in [5, 5.41) is 3.00. The van der Waals surface area contributed by atoms with Crippen molar-refractivity contribution in [2.45, 2.75) is 24.2 Å². The Morgan fingerprint density at radius 3 is 2.48 bits per heavy atom. The molecule has 0 bridgehead atoms. The molecule has 2 aliphatic heterocycles. The van der Waals surface area contributed by atoms with Crippen molar-refractivity contribution in [1.29, 1.82) is 0 Å². The Labute approximate surface area is 195 Å². The zero-order valence-electron chi connectivity index (χ0n) is 18.9. The van der Waals surface area contributed by atoms with Crippen molar-refractivity contribution in [3.8, 4) is 11.5 Å². The van der Waals surface area contributed by atoms with Crippen LogP contribution in [0.25, 0.3) is 0 Å². The molecule has 0 aliphatic carbocycles. The van der Waals surface area contributed by atoms with Crippen LogP contribution in [-0.2, 0) is 14.8 Å². The monoisotopic (exact) mass is 473 g/mol. The second kappa shape index (κ2) is 10.4. The van der Waals surface area contributed by atoms with E-state index in [1.165, 1.54) is 10.4 Å². The number of benzene rings is 2. The van der Waals surface area contributed by atoms with Crippen molar-refractivity contribution in [3.63, 3.8) is 0 Å². The lowest BCUT2D eigenvalue weighted by Gasteiger charge is -2.31. The molecule has 178 valence electrons. The molecule has 0 saturated carbocycles. The van der Waals surface area contributed by atoms with Crippen LogP contribution in [0.4, 0.5) is 5.69 Å². The van der Waals surface area contributed by atoms with Crippen molar-refractivity contribution in [2.75, 3.05) is 51.3 Å². The summed E-state index contributed by atoms with van der Waals surface area (Å²) in [7, 11) is -1.67. The molecule has 0 radical (unpaired) electrons. The van der Waals surface area contributed by atoms with Gasteiger partial charge in [-0.05, 0) is 37.1 Å². The SMILES string of the molecule is CN(CCNC(=O)C1CCN(S(=O)(=O)c2ccc3c(c2)OCCCO3)CC1)c1ccccc1. The zero-order valence-corrected chi connectivity index (χ0v) is 19.7. The van der Waals surface area contributed by atoms with E-state index in [0.717, 1.165) is 12.1 Å². The van der Waals surface area contributed by atoms with Crippen molar-refractivity contribution < 1.29 is 22.7 Å². The number of nitrogens with zero attached hydrogens (tertiary/aromatic N) is 2. The number of piperidine rings is 1. The Morgan fingerprint density at radius 1 is 1.06 bits per heavy atom. The number of para-hydroxylation sites is 1. The number of likely N-dealkylation sites (N-methyl/N-ethyl adjacent to an activating group) is 1. The Bertz CT molecular complexity index is 1050. The number of hydrogen-bond acceptors (Lipinski definition) is 6. The largest absolute Gasteiger partial charge is 0.490 e. The quantitative estimate of drug-likeness (QED) is 0.665. The molecular formula is C24H31N3O5S. The van der Waals surface area contributed by atoms with E-state index in [-0.39, 0.29) is 16.7 Å². The highest BCUT2D eigenvalue weighted by molar-refractivity contribution is 7.89. The summed E-state index contributed by atoms with van der Waals surface area (Å²) in [4.78, 5) is 14.9. The van der Waals surface area contributed by atoms with Gasteiger partial charge in [-0.1, -0.05) is 18.2 Å². The second-order valence-electron chi connectivity index (χ2n) is 8.39. The van der Waals surface area contributed by atoms with Gasteiger partial charge in [0.25, 0.3) is 0 Å². The van der Waals surface area contributed by atoms with Gasteiger partial charge >= 0.3 is 0 Å². The maximum atomic E-state index is 13.1. The molecule has 0 atom stereocenters. The number of fused-ring (bicyclic) bond motifs is 1. The minimum Gasteiger partial charge on any atom is -0.490 e. The molecule has 8 nitrogen and oxygen atoms in total. The minimum absolute atomic E-state index is 0.0101. The number of hydrogen-bond donors (Lipinski definition) is 1. The molecule has 1 fully saturated rings. The lowest BCUT2D eigenvalue weighted by atomic mass is 9.97. The first-order valence-corrected chi connectivity index (χ1v) is 12.8. The number of nitrogens with one attached hydrogen (secondary N) is 1. The summed E-state index contributed by atoms with van der Waals surface area (Å²) in [6.07, 6.45) is 1.77. The number of amides is 1. The van der Waals surface area contributed by atoms with Gasteiger partial charge < -0.3 is 19.7 Å². The minimum atomic E-state index is -3.66. The van der Waals surface area contributed by atoms with Crippen LogP contribution >= 0.6 is 0 Å². The van der Waals surface area contributed by atoms with Crippen LogP contribution < -0.4 is 19.7 Å². The highest BCUT2D eigenvalue weighted by Crippen LogP contribution is 2.33. The summed E-state index contributed by atoms with van der Waals surface area (Å²) in [6, 6.07) is 14.8. The molecule has 4 rings (SSSR count). The van der Waals surface area contributed by atoms with Crippen molar-refractivity contribution >= 4 is 21.6 Å². The Hall–Kier alpha value is -2.78. The number of carbonyl (C=O) groups is 1. The fourth-order valence-corrected chi connectivity index (χ4v) is 5.60. The van der Waals surface area contributed by atoms with Crippen LogP contribution in [0.3, 0.4) is 0 Å². The Kier molecular flexibility index (Phi) is 7.39. The fraction of sp³-hybridized carbons (Fsp3) is 0.458. The van der Waals surface area contributed by atoms with Gasteiger partial charge in [0.05, 0.1) is 18.1 Å². The average molecular weight is 474 g/mol. The van der Waals surface area contributed by atoms with Crippen LogP contribution in [0.5, 0.6) is 11.5 Å². The van der Waals surface area contributed by atoms with E-state index in [1.54, 1.807) is 12.1 Å². The summed E-state index contributed by atoms with van der Waals surface area (Å²) >= 11 is 0. The van der Waals surface area contributed by atoms with E-state index >= 15 is 0 Å². The van der Waals surface area contributed by atoms with Crippen LogP contribution in [0.2, 0.25) is 0 Å². The van der Waals surface area contributed by atoms with Crippen molar-refractivity contribution in [2.24, 2.45) is 5.92 Å². The van der Waals surface area contributed by atoms with Crippen molar-refractivity contribution in [1.82, 2.24) is 9.62 Å². The van der Waals surface area contributed by atoms with Gasteiger partial charge in [0.2, 0.25) is 15.9 Å². The van der Waals surface area contributed by atoms with E-state index in [4.69, 9.17) is 9.47 Å². The number of ether oxygens (including phenoxy) is 2. The molecule has 0 spiro atoms. The van der Waals surface area contributed by atoms with Gasteiger partial charge in [-0.3, -0.25) is 4.79 Å². The molecule has 0 aromatic heterocycles. The van der Waals surface area contributed by atoms with Gasteiger partial charge in [0.1, 0.15) is 0 Å². The van der Waals surface area contributed by atoms with Crippen LogP contribution in [0.15, 0.2) is 53.4 Å². The van der Waals surface area contributed by atoms with E-state index in [2.05, 4.69) is 10.2 Å². The molecule has 1 saturated heterocycles. The molecule has 1 N–H and O–H groups in total.